The Kier molecular flexibility index (Phi) is 4.51. The molecule has 1 aromatic carbocycles. The van der Waals surface area contributed by atoms with Crippen LogP contribution in [0.15, 0.2) is 54.7 Å². The number of pyridine rings is 1. The highest BCUT2D eigenvalue weighted by Crippen LogP contribution is 2.20. The number of hydrogen-bond acceptors (Lipinski definition) is 3. The largest absolute Gasteiger partial charge is 0.354 e. The molecule has 1 aliphatic heterocycles. The highest BCUT2D eigenvalue weighted by atomic mass is 15.3. The second-order valence-electron chi connectivity index (χ2n) is 5.65. The van der Waals surface area contributed by atoms with E-state index in [1.54, 1.807) is 0 Å². The molecule has 21 heavy (non-hydrogen) atoms. The number of nitrogens with zero attached hydrogens (tertiary/aromatic N) is 3. The van der Waals surface area contributed by atoms with Crippen molar-refractivity contribution in [3.05, 3.63) is 60.3 Å². The summed E-state index contributed by atoms with van der Waals surface area (Å²) in [5.41, 5.74) is 1.40. The molecule has 1 aromatic heterocycles. The molecule has 2 heterocycles. The maximum Gasteiger partial charge on any atom is 0.128 e. The van der Waals surface area contributed by atoms with Gasteiger partial charge in [-0.1, -0.05) is 43.3 Å². The molecular weight excluding hydrogens is 258 g/mol. The highest BCUT2D eigenvalue weighted by Gasteiger charge is 2.26. The van der Waals surface area contributed by atoms with Gasteiger partial charge in [0.25, 0.3) is 0 Å². The third-order valence-corrected chi connectivity index (χ3v) is 4.28. The molecule has 3 nitrogen and oxygen atoms in total. The molecule has 3 heteroatoms. The minimum Gasteiger partial charge on any atom is -0.354 e. The Morgan fingerprint density at radius 2 is 1.86 bits per heavy atom. The fraction of sp³-hybridized carbons (Fsp3) is 0.389. The smallest absolute Gasteiger partial charge is 0.128 e. The molecule has 3 rings (SSSR count). The predicted molar refractivity (Wildman–Crippen MR) is 87.4 cm³/mol. The van der Waals surface area contributed by atoms with E-state index in [9.17, 15) is 0 Å². The lowest BCUT2D eigenvalue weighted by Crippen LogP contribution is -2.52. The van der Waals surface area contributed by atoms with Crippen LogP contribution in [0.2, 0.25) is 0 Å². The maximum atomic E-state index is 4.49. The van der Waals surface area contributed by atoms with Crippen LogP contribution < -0.4 is 4.90 Å². The van der Waals surface area contributed by atoms with Gasteiger partial charge in [-0.25, -0.2) is 4.98 Å². The van der Waals surface area contributed by atoms with Crippen molar-refractivity contribution in [1.82, 2.24) is 9.88 Å². The van der Waals surface area contributed by atoms with Crippen LogP contribution in [0.25, 0.3) is 0 Å². The van der Waals surface area contributed by atoms with Gasteiger partial charge in [0.05, 0.1) is 0 Å². The Morgan fingerprint density at radius 1 is 1.05 bits per heavy atom. The lowest BCUT2D eigenvalue weighted by molar-refractivity contribution is 0.163. The average molecular weight is 281 g/mol. The average Bonchev–Trinajstić information content (AvgIpc) is 2.57. The van der Waals surface area contributed by atoms with Crippen LogP contribution in [-0.2, 0) is 6.54 Å². The Hall–Kier alpha value is -1.87. The van der Waals surface area contributed by atoms with E-state index in [0.29, 0.717) is 6.04 Å². The molecule has 0 aliphatic carbocycles. The zero-order valence-electron chi connectivity index (χ0n) is 12.7. The molecule has 0 bridgehead atoms. The first kappa shape index (κ1) is 14.1. The summed E-state index contributed by atoms with van der Waals surface area (Å²) >= 11 is 0. The molecule has 110 valence electrons. The third-order valence-electron chi connectivity index (χ3n) is 4.28. The van der Waals surface area contributed by atoms with Crippen LogP contribution in [0.4, 0.5) is 5.82 Å². The molecule has 0 spiro atoms. The van der Waals surface area contributed by atoms with E-state index in [2.05, 4.69) is 64.2 Å². The lowest BCUT2D eigenvalue weighted by Gasteiger charge is -2.41. The second kappa shape index (κ2) is 6.72. The first-order valence-corrected chi connectivity index (χ1v) is 7.81. The fourth-order valence-electron chi connectivity index (χ4n) is 3.06. The molecule has 1 atom stereocenters. The number of benzene rings is 1. The Morgan fingerprint density at radius 3 is 2.57 bits per heavy atom. The van der Waals surface area contributed by atoms with Crippen LogP contribution in [0, 0.1) is 0 Å². The number of anilines is 1. The molecule has 0 radical (unpaired) electrons. The Bertz CT molecular complexity index is 541. The number of aromatic nitrogens is 1. The molecule has 1 unspecified atom stereocenters. The minimum absolute atomic E-state index is 0.598. The monoisotopic (exact) mass is 281 g/mol. The van der Waals surface area contributed by atoms with Crippen molar-refractivity contribution in [3.63, 3.8) is 0 Å². The summed E-state index contributed by atoms with van der Waals surface area (Å²) in [5, 5.41) is 0. The zero-order chi connectivity index (χ0) is 14.5. The number of rotatable bonds is 4. The van der Waals surface area contributed by atoms with Crippen molar-refractivity contribution in [2.24, 2.45) is 0 Å². The molecule has 1 saturated heterocycles. The summed E-state index contributed by atoms with van der Waals surface area (Å²) in [6.45, 7) is 6.56. The first-order chi connectivity index (χ1) is 10.4. The van der Waals surface area contributed by atoms with Gasteiger partial charge in [-0.3, -0.25) is 4.90 Å². The summed E-state index contributed by atoms with van der Waals surface area (Å²) < 4.78 is 0. The molecule has 2 aromatic rings. The standard InChI is InChI=1S/C18H23N3/c1-2-17-15-21(18-10-6-7-11-19-18)13-12-20(17)14-16-8-4-3-5-9-16/h3-11,17H,2,12-15H2,1H3. The van der Waals surface area contributed by atoms with E-state index in [0.717, 1.165) is 32.0 Å². The summed E-state index contributed by atoms with van der Waals surface area (Å²) in [7, 11) is 0. The molecule has 1 fully saturated rings. The molecule has 1 aliphatic rings. The maximum absolute atomic E-state index is 4.49. The zero-order valence-corrected chi connectivity index (χ0v) is 12.7. The van der Waals surface area contributed by atoms with Gasteiger partial charge in [0.15, 0.2) is 0 Å². The van der Waals surface area contributed by atoms with Crippen LogP contribution in [0.5, 0.6) is 0 Å². The van der Waals surface area contributed by atoms with E-state index < -0.39 is 0 Å². The number of hydrogen-bond donors (Lipinski definition) is 0. The van der Waals surface area contributed by atoms with Crippen molar-refractivity contribution >= 4 is 5.82 Å². The van der Waals surface area contributed by atoms with Crippen LogP contribution >= 0.6 is 0 Å². The van der Waals surface area contributed by atoms with Gasteiger partial charge in [0.2, 0.25) is 0 Å². The van der Waals surface area contributed by atoms with Gasteiger partial charge < -0.3 is 4.90 Å². The second-order valence-corrected chi connectivity index (χ2v) is 5.65. The number of piperazine rings is 1. The summed E-state index contributed by atoms with van der Waals surface area (Å²) in [6.07, 6.45) is 3.06. The lowest BCUT2D eigenvalue weighted by atomic mass is 10.1. The van der Waals surface area contributed by atoms with Gasteiger partial charge in [-0.2, -0.15) is 0 Å². The van der Waals surface area contributed by atoms with Crippen molar-refractivity contribution in [3.8, 4) is 0 Å². The molecular formula is C18H23N3. The van der Waals surface area contributed by atoms with Crippen molar-refractivity contribution in [2.45, 2.75) is 25.9 Å². The predicted octanol–water partition coefficient (Wildman–Crippen LogP) is 3.18. The van der Waals surface area contributed by atoms with Gasteiger partial charge in [0, 0.05) is 38.4 Å². The van der Waals surface area contributed by atoms with E-state index in [4.69, 9.17) is 0 Å². The van der Waals surface area contributed by atoms with Gasteiger partial charge in [-0.15, -0.1) is 0 Å². The normalized spacial score (nSPS) is 19.7. The molecule has 0 saturated carbocycles. The summed E-state index contributed by atoms with van der Waals surface area (Å²) in [6, 6.07) is 17.5. The van der Waals surface area contributed by atoms with Gasteiger partial charge in [-0.05, 0) is 24.1 Å². The van der Waals surface area contributed by atoms with E-state index >= 15 is 0 Å². The Balaban J connectivity index is 1.67. The molecule has 0 N–H and O–H groups in total. The third kappa shape index (κ3) is 3.42. The molecule has 0 amide bonds. The van der Waals surface area contributed by atoms with E-state index in [1.165, 1.54) is 12.0 Å². The van der Waals surface area contributed by atoms with Gasteiger partial charge >= 0.3 is 0 Å². The minimum atomic E-state index is 0.598. The Labute approximate surface area is 127 Å². The van der Waals surface area contributed by atoms with E-state index in [-0.39, 0.29) is 0 Å². The summed E-state index contributed by atoms with van der Waals surface area (Å²) in [5.74, 6) is 1.11. The van der Waals surface area contributed by atoms with Crippen molar-refractivity contribution in [1.29, 1.82) is 0 Å². The quantitative estimate of drug-likeness (QED) is 0.858. The fourth-order valence-corrected chi connectivity index (χ4v) is 3.06. The van der Waals surface area contributed by atoms with Crippen molar-refractivity contribution in [2.75, 3.05) is 24.5 Å². The van der Waals surface area contributed by atoms with Crippen LogP contribution in [-0.4, -0.2) is 35.6 Å². The highest BCUT2D eigenvalue weighted by molar-refractivity contribution is 5.38. The SMILES string of the molecule is CCC1CN(c2ccccn2)CCN1Cc1ccccc1. The van der Waals surface area contributed by atoms with Crippen molar-refractivity contribution < 1.29 is 0 Å². The van der Waals surface area contributed by atoms with Crippen LogP contribution in [0.3, 0.4) is 0 Å². The van der Waals surface area contributed by atoms with Crippen LogP contribution in [0.1, 0.15) is 18.9 Å². The first-order valence-electron chi connectivity index (χ1n) is 7.81. The van der Waals surface area contributed by atoms with E-state index in [1.807, 2.05) is 12.3 Å². The topological polar surface area (TPSA) is 19.4 Å². The summed E-state index contributed by atoms with van der Waals surface area (Å²) in [4.78, 5) is 9.51. The van der Waals surface area contributed by atoms with Gasteiger partial charge in [0.1, 0.15) is 5.82 Å².